The molecule has 0 aliphatic heterocycles. The summed E-state index contributed by atoms with van der Waals surface area (Å²) in [4.78, 5) is 4.44. The van der Waals surface area contributed by atoms with Gasteiger partial charge >= 0.3 is 0 Å². The summed E-state index contributed by atoms with van der Waals surface area (Å²) in [5, 5.41) is 24.0. The number of phenolic OH excluding ortho intramolecular Hbond substituents is 2. The summed E-state index contributed by atoms with van der Waals surface area (Å²) in [6.45, 7) is 6.96. The van der Waals surface area contributed by atoms with Gasteiger partial charge in [-0.25, -0.2) is 0 Å². The summed E-state index contributed by atoms with van der Waals surface area (Å²) < 4.78 is 11.7. The molecular formula is C48H48N2O4. The molecule has 6 aromatic carbocycles. The molecule has 274 valence electrons. The summed E-state index contributed by atoms with van der Waals surface area (Å²) in [5.41, 5.74) is 11.7. The van der Waals surface area contributed by atoms with Crippen LogP contribution in [0, 0.1) is 0 Å². The van der Waals surface area contributed by atoms with E-state index >= 15 is 0 Å². The van der Waals surface area contributed by atoms with Gasteiger partial charge < -0.3 is 29.5 Å². The van der Waals surface area contributed by atoms with Crippen LogP contribution in [-0.4, -0.2) is 61.4 Å². The van der Waals surface area contributed by atoms with Crippen LogP contribution < -0.4 is 9.47 Å². The molecule has 6 nitrogen and oxygen atoms in total. The minimum Gasteiger partial charge on any atom is -0.507 e. The number of fused-ring (bicyclic) bond motifs is 6. The molecule has 2 aliphatic carbocycles. The largest absolute Gasteiger partial charge is 0.507 e. The van der Waals surface area contributed by atoms with Gasteiger partial charge in [-0.15, -0.1) is 0 Å². The first-order chi connectivity index (χ1) is 26.1. The molecule has 6 heteroatoms. The van der Waals surface area contributed by atoms with Crippen molar-refractivity contribution in [3.8, 4) is 45.3 Å². The van der Waals surface area contributed by atoms with Gasteiger partial charge in [-0.2, -0.15) is 0 Å². The molecule has 0 amide bonds. The molecule has 0 saturated heterocycles. The molecule has 0 bridgehead atoms. The van der Waals surface area contributed by atoms with E-state index < -0.39 is 10.8 Å². The zero-order valence-corrected chi connectivity index (χ0v) is 32.0. The van der Waals surface area contributed by atoms with Crippen molar-refractivity contribution in [2.75, 3.05) is 41.4 Å². The fourth-order valence-corrected chi connectivity index (χ4v) is 9.14. The highest BCUT2D eigenvalue weighted by Gasteiger charge is 2.44. The average Bonchev–Trinajstić information content (AvgIpc) is 3.62. The predicted molar refractivity (Wildman–Crippen MR) is 217 cm³/mol. The standard InChI is InChI=1S/C48H48N2O4/c1-47(39-19-11-7-15-35(39)36-16-8-12-20-40(36)47)43-27-33(53-5)25-31(45(43)51)29-49(3)23-24-50(4)30-32-26-34(54-6)28-44(46(32)52)48(2)41-21-13-9-17-37(41)38-18-10-14-22-42(38)48/h7-22,25-28,51-52H,23-24,29-30H2,1-6H3. The first-order valence-corrected chi connectivity index (χ1v) is 18.7. The van der Waals surface area contributed by atoms with E-state index in [1.165, 1.54) is 44.5 Å². The van der Waals surface area contributed by atoms with Crippen molar-refractivity contribution in [3.05, 3.63) is 166 Å². The summed E-state index contributed by atoms with van der Waals surface area (Å²) in [5.74, 6) is 2.03. The third-order valence-electron chi connectivity index (χ3n) is 12.1. The Labute approximate surface area is 318 Å². The maximum atomic E-state index is 12.0. The Morgan fingerprint density at radius 1 is 0.463 bits per heavy atom. The Kier molecular flexibility index (Phi) is 8.99. The van der Waals surface area contributed by atoms with Crippen LogP contribution in [0.25, 0.3) is 22.3 Å². The van der Waals surface area contributed by atoms with Gasteiger partial charge in [0.2, 0.25) is 0 Å². The Hall–Kier alpha value is -5.56. The summed E-state index contributed by atoms with van der Waals surface area (Å²) in [7, 11) is 7.51. The Morgan fingerprint density at radius 3 is 1.06 bits per heavy atom. The highest BCUT2D eigenvalue weighted by atomic mass is 16.5. The van der Waals surface area contributed by atoms with E-state index in [2.05, 4.69) is 135 Å². The lowest BCUT2D eigenvalue weighted by atomic mass is 9.73. The molecule has 0 heterocycles. The van der Waals surface area contributed by atoms with E-state index in [9.17, 15) is 10.2 Å². The van der Waals surface area contributed by atoms with Crippen molar-refractivity contribution in [2.24, 2.45) is 0 Å². The van der Waals surface area contributed by atoms with Gasteiger partial charge in [0.1, 0.15) is 23.0 Å². The molecule has 0 fully saturated rings. The quantitative estimate of drug-likeness (QED) is 0.139. The van der Waals surface area contributed by atoms with Crippen molar-refractivity contribution in [1.29, 1.82) is 0 Å². The third-order valence-corrected chi connectivity index (χ3v) is 12.1. The minimum atomic E-state index is -0.545. The maximum absolute atomic E-state index is 12.0. The predicted octanol–water partition coefficient (Wildman–Crippen LogP) is 9.35. The number of nitrogens with zero attached hydrogens (tertiary/aromatic N) is 2. The lowest BCUT2D eigenvalue weighted by Gasteiger charge is -2.31. The van der Waals surface area contributed by atoms with Crippen molar-refractivity contribution in [2.45, 2.75) is 37.8 Å². The van der Waals surface area contributed by atoms with Gasteiger partial charge in [0.25, 0.3) is 0 Å². The lowest BCUT2D eigenvalue weighted by Crippen LogP contribution is -2.31. The molecule has 0 saturated carbocycles. The van der Waals surface area contributed by atoms with Gasteiger partial charge in [0.15, 0.2) is 0 Å². The molecule has 54 heavy (non-hydrogen) atoms. The van der Waals surface area contributed by atoms with Crippen LogP contribution in [0.4, 0.5) is 0 Å². The van der Waals surface area contributed by atoms with Gasteiger partial charge in [-0.05, 0) is 96.7 Å². The monoisotopic (exact) mass is 716 g/mol. The molecule has 0 radical (unpaired) electrons. The second kappa shape index (κ2) is 13.7. The van der Waals surface area contributed by atoms with Gasteiger partial charge in [0.05, 0.1) is 14.2 Å². The highest BCUT2D eigenvalue weighted by molar-refractivity contribution is 5.85. The molecule has 2 aliphatic rings. The second-order valence-corrected chi connectivity index (χ2v) is 15.3. The topological polar surface area (TPSA) is 65.4 Å². The van der Waals surface area contributed by atoms with Gasteiger partial charge in [0, 0.05) is 59.3 Å². The van der Waals surface area contributed by atoms with Crippen LogP contribution in [0.3, 0.4) is 0 Å². The maximum Gasteiger partial charge on any atom is 0.124 e. The molecule has 0 unspecified atom stereocenters. The van der Waals surface area contributed by atoms with Crippen LogP contribution in [-0.2, 0) is 23.9 Å². The van der Waals surface area contributed by atoms with Crippen LogP contribution in [0.5, 0.6) is 23.0 Å². The van der Waals surface area contributed by atoms with Crippen molar-refractivity contribution in [1.82, 2.24) is 9.80 Å². The van der Waals surface area contributed by atoms with Crippen LogP contribution >= 0.6 is 0 Å². The molecule has 0 aromatic heterocycles. The molecule has 0 spiro atoms. The van der Waals surface area contributed by atoms with Crippen LogP contribution in [0.2, 0.25) is 0 Å². The smallest absolute Gasteiger partial charge is 0.124 e. The summed E-state index contributed by atoms with van der Waals surface area (Å²) in [6, 6.07) is 41.8. The lowest BCUT2D eigenvalue weighted by molar-refractivity contribution is 0.243. The summed E-state index contributed by atoms with van der Waals surface area (Å²) in [6.07, 6.45) is 0. The third kappa shape index (κ3) is 5.55. The SMILES string of the molecule is COc1cc(CN(C)CCN(C)Cc2cc(OC)cc(C3(C)c4ccccc4-c4ccccc43)c2O)c(O)c(C2(C)c3ccccc3-c3ccccc32)c1. The normalized spacial score (nSPS) is 14.4. The summed E-state index contributed by atoms with van der Waals surface area (Å²) >= 11 is 0. The highest BCUT2D eigenvalue weighted by Crippen LogP contribution is 2.56. The number of methoxy groups -OCH3 is 2. The van der Waals surface area contributed by atoms with Crippen LogP contribution in [0.15, 0.2) is 121 Å². The number of hydrogen-bond donors (Lipinski definition) is 2. The number of ether oxygens (including phenoxy) is 2. The minimum absolute atomic E-state index is 0.294. The molecule has 6 aromatic rings. The number of aromatic hydroxyl groups is 2. The average molecular weight is 717 g/mol. The van der Waals surface area contributed by atoms with Crippen molar-refractivity contribution >= 4 is 0 Å². The molecule has 0 atom stereocenters. The van der Waals surface area contributed by atoms with E-state index in [0.29, 0.717) is 24.6 Å². The zero-order valence-electron chi connectivity index (χ0n) is 32.0. The first kappa shape index (κ1) is 35.5. The number of phenols is 2. The van der Waals surface area contributed by atoms with Crippen molar-refractivity contribution < 1.29 is 19.7 Å². The Bertz CT molecular complexity index is 2120. The molecule has 2 N–H and O–H groups in total. The van der Waals surface area contributed by atoms with Crippen LogP contribution in [0.1, 0.15) is 58.4 Å². The molecular weight excluding hydrogens is 669 g/mol. The fourth-order valence-electron chi connectivity index (χ4n) is 9.14. The Balaban J connectivity index is 1.03. The number of hydrogen-bond acceptors (Lipinski definition) is 6. The van der Waals surface area contributed by atoms with E-state index in [1.807, 2.05) is 24.3 Å². The zero-order chi connectivity index (χ0) is 37.8. The van der Waals surface area contributed by atoms with Crippen molar-refractivity contribution in [3.63, 3.8) is 0 Å². The number of benzene rings is 6. The number of likely N-dealkylation sites (N-methyl/N-ethyl adjacent to an activating group) is 2. The van der Waals surface area contributed by atoms with E-state index in [4.69, 9.17) is 9.47 Å². The number of rotatable bonds is 11. The van der Waals surface area contributed by atoms with E-state index in [0.717, 1.165) is 46.8 Å². The second-order valence-electron chi connectivity index (χ2n) is 15.3. The van der Waals surface area contributed by atoms with Gasteiger partial charge in [-0.3, -0.25) is 0 Å². The fraction of sp³-hybridized carbons (Fsp3) is 0.250. The first-order valence-electron chi connectivity index (χ1n) is 18.7. The molecule has 8 rings (SSSR count). The van der Waals surface area contributed by atoms with E-state index in [1.54, 1.807) is 14.2 Å². The Morgan fingerprint density at radius 2 is 0.759 bits per heavy atom. The van der Waals surface area contributed by atoms with Gasteiger partial charge in [-0.1, -0.05) is 97.1 Å². The van der Waals surface area contributed by atoms with E-state index in [-0.39, 0.29) is 0 Å².